The minimum Gasteiger partial charge on any atom is -0.453 e. The van der Waals surface area contributed by atoms with Crippen LogP contribution in [0.4, 0.5) is 17.6 Å². The van der Waals surface area contributed by atoms with Crippen molar-refractivity contribution in [2.75, 3.05) is 0 Å². The van der Waals surface area contributed by atoms with Gasteiger partial charge in [-0.15, -0.1) is 0 Å². The Labute approximate surface area is 144 Å². The smallest absolute Gasteiger partial charge is 0.446 e. The Kier molecular flexibility index (Phi) is 4.43. The van der Waals surface area contributed by atoms with E-state index in [0.717, 1.165) is 12.1 Å². The number of alkyl halides is 3. The summed E-state index contributed by atoms with van der Waals surface area (Å²) >= 11 is -0.367. The fraction of sp³-hybridized carbons (Fsp3) is 0.176. The quantitative estimate of drug-likeness (QED) is 0.551. The van der Waals surface area contributed by atoms with E-state index in [1.165, 1.54) is 18.2 Å². The summed E-state index contributed by atoms with van der Waals surface area (Å²) in [7, 11) is 0. The van der Waals surface area contributed by atoms with Gasteiger partial charge in [-0.3, -0.25) is 4.79 Å². The normalized spacial score (nSPS) is 13.5. The minimum atomic E-state index is -4.53. The van der Waals surface area contributed by atoms with E-state index >= 15 is 0 Å². The highest BCUT2D eigenvalue weighted by atomic mass is 32.2. The molecule has 25 heavy (non-hydrogen) atoms. The summed E-state index contributed by atoms with van der Waals surface area (Å²) in [5.41, 5.74) is -4.33. The lowest BCUT2D eigenvalue weighted by atomic mass is 10.1. The first-order chi connectivity index (χ1) is 11.8. The van der Waals surface area contributed by atoms with Crippen LogP contribution in [0.25, 0.3) is 0 Å². The largest absolute Gasteiger partial charge is 0.453 e. The molecule has 128 valence electrons. The van der Waals surface area contributed by atoms with Crippen LogP contribution in [-0.2, 0) is 6.42 Å². The zero-order chi connectivity index (χ0) is 18.2. The summed E-state index contributed by atoms with van der Waals surface area (Å²) in [6, 6.07) is 7.99. The molecule has 0 atom stereocenters. The molecular weight excluding hydrogens is 358 g/mol. The fourth-order valence-electron chi connectivity index (χ4n) is 2.64. The first-order valence-corrected chi connectivity index (χ1v) is 7.93. The number of rotatable bonds is 3. The van der Waals surface area contributed by atoms with E-state index in [4.69, 9.17) is 10.00 Å². The molecule has 0 heterocycles. The van der Waals surface area contributed by atoms with Crippen molar-refractivity contribution in [3.63, 3.8) is 0 Å². The highest BCUT2D eigenvalue weighted by Crippen LogP contribution is 2.45. The molecule has 0 unspecified atom stereocenters. The third-order valence-corrected chi connectivity index (χ3v) is 4.43. The second kappa shape index (κ2) is 6.41. The Balaban J connectivity index is 2.06. The summed E-state index contributed by atoms with van der Waals surface area (Å²) < 4.78 is 57.4. The number of ketones is 1. The molecule has 8 heteroatoms. The Morgan fingerprint density at radius 1 is 1.16 bits per heavy atom. The van der Waals surface area contributed by atoms with E-state index in [1.54, 1.807) is 6.07 Å². The number of carbonyl (C=O) groups is 1. The number of hydrogen-bond donors (Lipinski definition) is 0. The van der Waals surface area contributed by atoms with E-state index in [9.17, 15) is 22.4 Å². The maximum absolute atomic E-state index is 14.0. The van der Waals surface area contributed by atoms with Crippen molar-refractivity contribution in [2.45, 2.75) is 23.2 Å². The SMILES string of the molecule is N#Cc1cccc(F)c1Oc1ccc(SC(F)(F)F)c2c1CCC2=O. The molecule has 0 fully saturated rings. The predicted molar refractivity (Wildman–Crippen MR) is 82.2 cm³/mol. The van der Waals surface area contributed by atoms with Crippen LogP contribution in [0, 0.1) is 17.1 Å². The van der Waals surface area contributed by atoms with Crippen LogP contribution in [0.5, 0.6) is 11.5 Å². The van der Waals surface area contributed by atoms with Crippen molar-refractivity contribution >= 4 is 17.5 Å². The van der Waals surface area contributed by atoms with E-state index in [-0.39, 0.29) is 52.1 Å². The topological polar surface area (TPSA) is 50.1 Å². The third kappa shape index (κ3) is 3.46. The molecular formula is C17H9F4NO2S. The summed E-state index contributed by atoms with van der Waals surface area (Å²) in [6.07, 6.45) is 0.260. The van der Waals surface area contributed by atoms with Crippen molar-refractivity contribution in [1.29, 1.82) is 5.26 Å². The van der Waals surface area contributed by atoms with E-state index in [2.05, 4.69) is 0 Å². The molecule has 0 radical (unpaired) electrons. The number of nitrogens with zero attached hydrogens (tertiary/aromatic N) is 1. The predicted octanol–water partition coefficient (Wildman–Crippen LogP) is 5.23. The monoisotopic (exact) mass is 367 g/mol. The number of hydrogen-bond acceptors (Lipinski definition) is 4. The average Bonchev–Trinajstić information content (AvgIpc) is 2.93. The van der Waals surface area contributed by atoms with Gasteiger partial charge in [0.05, 0.1) is 5.56 Å². The third-order valence-electron chi connectivity index (χ3n) is 3.64. The standard InChI is InChI=1S/C17H9F4NO2S/c18-11-3-1-2-9(8-22)16(11)24-13-6-7-14(25-17(19,20)21)15-10(13)4-5-12(15)23/h1-3,6-7H,4-5H2. The highest BCUT2D eigenvalue weighted by molar-refractivity contribution is 8.00. The van der Waals surface area contributed by atoms with Crippen LogP contribution in [0.3, 0.4) is 0 Å². The maximum atomic E-state index is 14.0. The molecule has 1 aliphatic rings. The lowest BCUT2D eigenvalue weighted by Gasteiger charge is -2.15. The number of nitriles is 1. The van der Waals surface area contributed by atoms with Crippen LogP contribution in [0.1, 0.15) is 27.9 Å². The molecule has 3 nitrogen and oxygen atoms in total. The Hall–Kier alpha value is -2.53. The van der Waals surface area contributed by atoms with Gasteiger partial charge in [0, 0.05) is 22.4 Å². The zero-order valence-electron chi connectivity index (χ0n) is 12.5. The van der Waals surface area contributed by atoms with Crippen LogP contribution in [-0.4, -0.2) is 11.3 Å². The first kappa shape index (κ1) is 17.3. The van der Waals surface area contributed by atoms with Crippen molar-refractivity contribution in [1.82, 2.24) is 0 Å². The van der Waals surface area contributed by atoms with E-state index in [0.29, 0.717) is 5.56 Å². The molecule has 0 amide bonds. The van der Waals surface area contributed by atoms with Crippen LogP contribution >= 0.6 is 11.8 Å². The molecule has 0 N–H and O–H groups in total. The number of benzene rings is 2. The number of fused-ring (bicyclic) bond motifs is 1. The summed E-state index contributed by atoms with van der Waals surface area (Å²) in [5, 5.41) is 9.05. The van der Waals surface area contributed by atoms with Gasteiger partial charge in [0.15, 0.2) is 17.3 Å². The molecule has 2 aromatic carbocycles. The molecule has 1 aliphatic carbocycles. The van der Waals surface area contributed by atoms with Crippen LogP contribution < -0.4 is 4.74 Å². The summed E-state index contributed by atoms with van der Waals surface area (Å²) in [4.78, 5) is 11.8. The number of ether oxygens (including phenoxy) is 1. The van der Waals surface area contributed by atoms with Gasteiger partial charge in [0.2, 0.25) is 0 Å². The number of halogens is 4. The Morgan fingerprint density at radius 2 is 1.92 bits per heavy atom. The number of carbonyl (C=O) groups excluding carboxylic acids is 1. The molecule has 0 saturated carbocycles. The van der Waals surface area contributed by atoms with Crippen molar-refractivity contribution < 1.29 is 27.1 Å². The number of Topliss-reactive ketones (excluding diaryl/α,β-unsaturated/α-hetero) is 1. The van der Waals surface area contributed by atoms with Crippen molar-refractivity contribution in [2.24, 2.45) is 0 Å². The second-order valence-electron chi connectivity index (χ2n) is 5.22. The van der Waals surface area contributed by atoms with Gasteiger partial charge in [-0.05, 0) is 42.4 Å². The van der Waals surface area contributed by atoms with Gasteiger partial charge in [-0.2, -0.15) is 18.4 Å². The molecule has 0 saturated heterocycles. The maximum Gasteiger partial charge on any atom is 0.446 e. The van der Waals surface area contributed by atoms with Gasteiger partial charge >= 0.3 is 5.51 Å². The van der Waals surface area contributed by atoms with Gasteiger partial charge in [0.1, 0.15) is 11.8 Å². The Morgan fingerprint density at radius 3 is 2.60 bits per heavy atom. The fourth-order valence-corrected chi connectivity index (χ4v) is 3.37. The second-order valence-corrected chi connectivity index (χ2v) is 6.32. The molecule has 2 aromatic rings. The molecule has 0 aliphatic heterocycles. The number of para-hydroxylation sites is 1. The van der Waals surface area contributed by atoms with Gasteiger partial charge in [-0.1, -0.05) is 6.07 Å². The minimum absolute atomic E-state index is 0.0466. The van der Waals surface area contributed by atoms with Crippen LogP contribution in [0.2, 0.25) is 0 Å². The molecule has 0 aromatic heterocycles. The Bertz CT molecular complexity index is 903. The zero-order valence-corrected chi connectivity index (χ0v) is 13.3. The molecule has 0 bridgehead atoms. The first-order valence-electron chi connectivity index (χ1n) is 7.11. The van der Waals surface area contributed by atoms with Gasteiger partial charge < -0.3 is 4.74 Å². The summed E-state index contributed by atoms with van der Waals surface area (Å²) in [6.45, 7) is 0. The van der Waals surface area contributed by atoms with Crippen LogP contribution in [0.15, 0.2) is 35.2 Å². The average molecular weight is 367 g/mol. The molecule has 3 rings (SSSR count). The van der Waals surface area contributed by atoms with E-state index < -0.39 is 17.1 Å². The lowest BCUT2D eigenvalue weighted by molar-refractivity contribution is -0.0328. The van der Waals surface area contributed by atoms with Gasteiger partial charge in [-0.25, -0.2) is 4.39 Å². The summed E-state index contributed by atoms with van der Waals surface area (Å²) in [5.74, 6) is -1.43. The molecule has 0 spiro atoms. The lowest BCUT2D eigenvalue weighted by Crippen LogP contribution is -2.04. The van der Waals surface area contributed by atoms with E-state index in [1.807, 2.05) is 0 Å². The highest BCUT2D eigenvalue weighted by Gasteiger charge is 2.35. The van der Waals surface area contributed by atoms with Crippen molar-refractivity contribution in [3.05, 3.63) is 52.8 Å². The van der Waals surface area contributed by atoms with Gasteiger partial charge in [0.25, 0.3) is 0 Å². The number of thioether (sulfide) groups is 1. The van der Waals surface area contributed by atoms with Crippen molar-refractivity contribution in [3.8, 4) is 17.6 Å².